The van der Waals surface area contributed by atoms with Crippen LogP contribution in [0.2, 0.25) is 0 Å². The number of rotatable bonds is 2. The fourth-order valence-corrected chi connectivity index (χ4v) is 2.33. The van der Waals surface area contributed by atoms with Gasteiger partial charge < -0.3 is 0 Å². The van der Waals surface area contributed by atoms with Crippen molar-refractivity contribution in [3.8, 4) is 6.07 Å². The summed E-state index contributed by atoms with van der Waals surface area (Å²) in [7, 11) is 0. The van der Waals surface area contributed by atoms with Gasteiger partial charge in [-0.05, 0) is 37.5 Å². The van der Waals surface area contributed by atoms with Crippen LogP contribution >= 0.6 is 0 Å². The van der Waals surface area contributed by atoms with Gasteiger partial charge in [-0.2, -0.15) is 5.26 Å². The van der Waals surface area contributed by atoms with Crippen LogP contribution in [0.3, 0.4) is 0 Å². The minimum atomic E-state index is 0.576. The Hall–Kier alpha value is -0.770. The van der Waals surface area contributed by atoms with Crippen LogP contribution in [0.25, 0.3) is 0 Å². The highest BCUT2D eigenvalue weighted by Gasteiger charge is 2.33. The molecule has 0 N–H and O–H groups in total. The molecule has 0 heterocycles. The summed E-state index contributed by atoms with van der Waals surface area (Å²) in [5.74, 6) is 1.90. The van der Waals surface area contributed by atoms with Crippen LogP contribution in [0.1, 0.15) is 33.1 Å². The van der Waals surface area contributed by atoms with Crippen LogP contribution in [-0.2, 0) is 0 Å². The van der Waals surface area contributed by atoms with Crippen LogP contribution in [0.5, 0.6) is 0 Å². The average molecular weight is 163 g/mol. The van der Waals surface area contributed by atoms with E-state index in [0.29, 0.717) is 24.2 Å². The Morgan fingerprint density at radius 3 is 2.75 bits per heavy atom. The van der Waals surface area contributed by atoms with Gasteiger partial charge in [-0.3, -0.25) is 0 Å². The molecule has 1 heteroatoms. The third-order valence-corrected chi connectivity index (χ3v) is 3.14. The van der Waals surface area contributed by atoms with E-state index in [-0.39, 0.29) is 0 Å². The first-order chi connectivity index (χ1) is 5.66. The van der Waals surface area contributed by atoms with Gasteiger partial charge in [0.15, 0.2) is 0 Å². The number of hydrogen-bond acceptors (Lipinski definition) is 1. The van der Waals surface area contributed by atoms with E-state index < -0.39 is 0 Å². The molecule has 12 heavy (non-hydrogen) atoms. The summed E-state index contributed by atoms with van der Waals surface area (Å²) >= 11 is 0. The molecular weight excluding hydrogens is 146 g/mol. The van der Waals surface area contributed by atoms with Crippen molar-refractivity contribution in [3.63, 3.8) is 0 Å². The van der Waals surface area contributed by atoms with Crippen LogP contribution in [0.15, 0.2) is 12.2 Å². The minimum absolute atomic E-state index is 0.576. The fraction of sp³-hybridized carbons (Fsp3) is 0.727. The van der Waals surface area contributed by atoms with Gasteiger partial charge in [0.05, 0.1) is 6.07 Å². The summed E-state index contributed by atoms with van der Waals surface area (Å²) in [5.41, 5.74) is 1.26. The van der Waals surface area contributed by atoms with E-state index in [0.717, 1.165) is 0 Å². The van der Waals surface area contributed by atoms with Gasteiger partial charge in [0.25, 0.3) is 0 Å². The Labute approximate surface area is 75.1 Å². The zero-order valence-corrected chi connectivity index (χ0v) is 8.01. The molecule has 1 fully saturated rings. The summed E-state index contributed by atoms with van der Waals surface area (Å²) in [6, 6.07) is 2.28. The van der Waals surface area contributed by atoms with Gasteiger partial charge in [0, 0.05) is 6.42 Å². The van der Waals surface area contributed by atoms with Crippen LogP contribution in [-0.4, -0.2) is 0 Å². The van der Waals surface area contributed by atoms with Gasteiger partial charge in [0.2, 0.25) is 0 Å². The highest BCUT2D eigenvalue weighted by molar-refractivity contribution is 5.04. The predicted molar refractivity (Wildman–Crippen MR) is 50.4 cm³/mol. The summed E-state index contributed by atoms with van der Waals surface area (Å²) in [4.78, 5) is 0. The molecule has 0 aromatic carbocycles. The molecule has 1 rings (SSSR count). The zero-order chi connectivity index (χ0) is 9.14. The Bertz CT molecular complexity index is 212. The second kappa shape index (κ2) is 3.76. The second-order valence-corrected chi connectivity index (χ2v) is 4.03. The van der Waals surface area contributed by atoms with Crippen molar-refractivity contribution in [3.05, 3.63) is 12.2 Å². The quantitative estimate of drug-likeness (QED) is 0.574. The van der Waals surface area contributed by atoms with Crippen molar-refractivity contribution in [1.29, 1.82) is 5.26 Å². The normalized spacial score (nSPS) is 34.6. The van der Waals surface area contributed by atoms with E-state index in [1.165, 1.54) is 18.4 Å². The summed E-state index contributed by atoms with van der Waals surface area (Å²) in [5, 5.41) is 8.66. The highest BCUT2D eigenvalue weighted by atomic mass is 14.4. The molecule has 0 aromatic heterocycles. The lowest BCUT2D eigenvalue weighted by molar-refractivity contribution is 0.367. The Morgan fingerprint density at radius 2 is 2.25 bits per heavy atom. The van der Waals surface area contributed by atoms with E-state index in [4.69, 9.17) is 5.26 Å². The molecule has 3 atom stereocenters. The molecule has 1 saturated carbocycles. The molecule has 0 aromatic rings. The number of hydrogen-bond donors (Lipinski definition) is 0. The van der Waals surface area contributed by atoms with E-state index in [1.807, 2.05) is 0 Å². The first kappa shape index (κ1) is 9.32. The lowest BCUT2D eigenvalue weighted by Crippen LogP contribution is -2.13. The lowest BCUT2D eigenvalue weighted by Gasteiger charge is -2.19. The fourth-order valence-electron chi connectivity index (χ4n) is 2.33. The van der Waals surface area contributed by atoms with Crippen molar-refractivity contribution >= 4 is 0 Å². The highest BCUT2D eigenvalue weighted by Crippen LogP contribution is 2.41. The third-order valence-electron chi connectivity index (χ3n) is 3.14. The average Bonchev–Trinajstić information content (AvgIpc) is 2.34. The Kier molecular flexibility index (Phi) is 2.92. The first-order valence-corrected chi connectivity index (χ1v) is 4.69. The van der Waals surface area contributed by atoms with Gasteiger partial charge in [0.1, 0.15) is 0 Å². The van der Waals surface area contributed by atoms with Gasteiger partial charge in [-0.15, -0.1) is 0 Å². The van der Waals surface area contributed by atoms with Crippen LogP contribution in [0, 0.1) is 29.1 Å². The number of allylic oxidation sites excluding steroid dienone is 1. The zero-order valence-electron chi connectivity index (χ0n) is 8.01. The Morgan fingerprint density at radius 1 is 1.58 bits per heavy atom. The van der Waals surface area contributed by atoms with Crippen molar-refractivity contribution in [1.82, 2.24) is 0 Å². The molecule has 1 aliphatic carbocycles. The lowest BCUT2D eigenvalue weighted by atomic mass is 9.84. The van der Waals surface area contributed by atoms with Crippen molar-refractivity contribution in [2.24, 2.45) is 17.8 Å². The molecule has 1 nitrogen and oxygen atoms in total. The van der Waals surface area contributed by atoms with E-state index in [2.05, 4.69) is 26.5 Å². The maximum atomic E-state index is 8.66. The predicted octanol–water partition coefficient (Wildman–Crippen LogP) is 3.14. The van der Waals surface area contributed by atoms with Gasteiger partial charge >= 0.3 is 0 Å². The van der Waals surface area contributed by atoms with E-state index in [9.17, 15) is 0 Å². The van der Waals surface area contributed by atoms with Gasteiger partial charge in [-0.25, -0.2) is 0 Å². The van der Waals surface area contributed by atoms with Crippen molar-refractivity contribution in [2.45, 2.75) is 33.1 Å². The van der Waals surface area contributed by atoms with Gasteiger partial charge in [-0.1, -0.05) is 19.1 Å². The smallest absolute Gasteiger partial charge is 0.0624 e. The van der Waals surface area contributed by atoms with Crippen LogP contribution < -0.4 is 0 Å². The molecule has 0 aliphatic heterocycles. The summed E-state index contributed by atoms with van der Waals surface area (Å²) in [6.45, 7) is 8.34. The summed E-state index contributed by atoms with van der Waals surface area (Å²) in [6.07, 6.45) is 3.21. The Balaban J connectivity index is 2.65. The monoisotopic (exact) mass is 163 g/mol. The number of nitrogens with zero attached hydrogens (tertiary/aromatic N) is 1. The summed E-state index contributed by atoms with van der Waals surface area (Å²) < 4.78 is 0. The third kappa shape index (κ3) is 1.69. The molecular formula is C11H17N. The topological polar surface area (TPSA) is 23.8 Å². The molecule has 0 amide bonds. The van der Waals surface area contributed by atoms with Crippen molar-refractivity contribution in [2.75, 3.05) is 0 Å². The molecule has 66 valence electrons. The van der Waals surface area contributed by atoms with Crippen molar-refractivity contribution < 1.29 is 0 Å². The van der Waals surface area contributed by atoms with E-state index in [1.54, 1.807) is 0 Å². The minimum Gasteiger partial charge on any atom is -0.198 e. The molecule has 0 saturated heterocycles. The molecule has 0 spiro atoms. The van der Waals surface area contributed by atoms with E-state index >= 15 is 0 Å². The SMILES string of the molecule is C=C(C)C1CCC(C)C1CC#N. The molecule has 1 aliphatic rings. The maximum absolute atomic E-state index is 8.66. The number of nitriles is 1. The maximum Gasteiger partial charge on any atom is 0.0624 e. The largest absolute Gasteiger partial charge is 0.198 e. The molecule has 0 radical (unpaired) electrons. The molecule has 0 bridgehead atoms. The molecule has 3 unspecified atom stereocenters. The first-order valence-electron chi connectivity index (χ1n) is 4.69. The second-order valence-electron chi connectivity index (χ2n) is 4.03. The van der Waals surface area contributed by atoms with Crippen LogP contribution in [0.4, 0.5) is 0 Å². The standard InChI is InChI=1S/C11H17N/c1-8(2)10-5-4-9(3)11(10)6-7-12/h9-11H,1,4-6H2,2-3H3.